The molecule has 1 atom stereocenters. The van der Waals surface area contributed by atoms with Crippen molar-refractivity contribution in [1.82, 2.24) is 5.32 Å². The smallest absolute Gasteiger partial charge is 0.0637 e. The van der Waals surface area contributed by atoms with Crippen LogP contribution in [0.3, 0.4) is 0 Å². The van der Waals surface area contributed by atoms with E-state index in [4.69, 9.17) is 4.74 Å². The Balaban J connectivity index is 1.71. The Kier molecular flexibility index (Phi) is 3.29. The Labute approximate surface area is 103 Å². The second kappa shape index (κ2) is 5.07. The van der Waals surface area contributed by atoms with Gasteiger partial charge in [-0.15, -0.1) is 0 Å². The lowest BCUT2D eigenvalue weighted by atomic mass is 10.0. The number of morpholine rings is 1. The predicted molar refractivity (Wildman–Crippen MR) is 69.6 cm³/mol. The molecule has 2 aliphatic heterocycles. The van der Waals surface area contributed by atoms with Gasteiger partial charge in [0.25, 0.3) is 0 Å². The molecule has 0 spiro atoms. The maximum atomic E-state index is 5.52. The molecule has 1 fully saturated rings. The first-order valence-corrected chi connectivity index (χ1v) is 6.57. The average molecular weight is 232 g/mol. The zero-order valence-electron chi connectivity index (χ0n) is 10.2. The predicted octanol–water partition coefficient (Wildman–Crippen LogP) is 1.43. The number of rotatable bonds is 2. The summed E-state index contributed by atoms with van der Waals surface area (Å²) >= 11 is 0. The first-order valence-electron chi connectivity index (χ1n) is 6.57. The summed E-state index contributed by atoms with van der Waals surface area (Å²) in [6, 6.07) is 9.27. The van der Waals surface area contributed by atoms with Gasteiger partial charge in [-0.25, -0.2) is 0 Å². The van der Waals surface area contributed by atoms with E-state index in [1.807, 2.05) is 0 Å². The molecule has 1 aromatic carbocycles. The van der Waals surface area contributed by atoms with Crippen molar-refractivity contribution >= 4 is 5.69 Å². The Morgan fingerprint density at radius 3 is 3.18 bits per heavy atom. The summed E-state index contributed by atoms with van der Waals surface area (Å²) in [6.45, 7) is 4.93. The van der Waals surface area contributed by atoms with Crippen molar-refractivity contribution in [2.45, 2.75) is 18.9 Å². The maximum absolute atomic E-state index is 5.52. The SMILES string of the molecule is c1ccc2c(c1)CCCN2CC1COCCN1. The van der Waals surface area contributed by atoms with Gasteiger partial charge in [0.15, 0.2) is 0 Å². The highest BCUT2D eigenvalue weighted by atomic mass is 16.5. The molecule has 92 valence electrons. The van der Waals surface area contributed by atoms with Gasteiger partial charge in [0.2, 0.25) is 0 Å². The molecule has 0 aliphatic carbocycles. The third-order valence-corrected chi connectivity index (χ3v) is 3.65. The Morgan fingerprint density at radius 1 is 1.35 bits per heavy atom. The van der Waals surface area contributed by atoms with Crippen LogP contribution in [0.2, 0.25) is 0 Å². The highest BCUT2D eigenvalue weighted by Crippen LogP contribution is 2.26. The maximum Gasteiger partial charge on any atom is 0.0637 e. The van der Waals surface area contributed by atoms with Crippen LogP contribution in [0.25, 0.3) is 0 Å². The molecular weight excluding hydrogens is 212 g/mol. The van der Waals surface area contributed by atoms with Crippen LogP contribution >= 0.6 is 0 Å². The Bertz CT molecular complexity index is 374. The van der Waals surface area contributed by atoms with Gasteiger partial charge in [0, 0.05) is 31.4 Å². The summed E-state index contributed by atoms with van der Waals surface area (Å²) in [7, 11) is 0. The van der Waals surface area contributed by atoms with E-state index in [1.165, 1.54) is 30.6 Å². The minimum absolute atomic E-state index is 0.481. The molecule has 1 N–H and O–H groups in total. The first-order chi connectivity index (χ1) is 8.43. The second-order valence-corrected chi connectivity index (χ2v) is 4.90. The van der Waals surface area contributed by atoms with Crippen molar-refractivity contribution < 1.29 is 4.74 Å². The van der Waals surface area contributed by atoms with Crippen LogP contribution in [0.4, 0.5) is 5.69 Å². The van der Waals surface area contributed by atoms with Gasteiger partial charge in [0.1, 0.15) is 0 Å². The van der Waals surface area contributed by atoms with Gasteiger partial charge in [-0.1, -0.05) is 18.2 Å². The summed E-state index contributed by atoms with van der Waals surface area (Å²) < 4.78 is 5.52. The number of aryl methyl sites for hydroxylation is 1. The molecule has 3 heteroatoms. The van der Waals surface area contributed by atoms with Gasteiger partial charge >= 0.3 is 0 Å². The van der Waals surface area contributed by atoms with Crippen LogP contribution in [0.1, 0.15) is 12.0 Å². The van der Waals surface area contributed by atoms with Gasteiger partial charge in [0.05, 0.1) is 13.2 Å². The zero-order chi connectivity index (χ0) is 11.5. The number of ether oxygens (including phenoxy) is 1. The molecular formula is C14H20N2O. The lowest BCUT2D eigenvalue weighted by Gasteiger charge is -2.35. The van der Waals surface area contributed by atoms with Crippen LogP contribution in [-0.2, 0) is 11.2 Å². The molecule has 0 saturated carbocycles. The molecule has 3 nitrogen and oxygen atoms in total. The summed E-state index contributed by atoms with van der Waals surface area (Å²) in [5, 5.41) is 3.53. The monoisotopic (exact) mass is 232 g/mol. The molecule has 1 saturated heterocycles. The topological polar surface area (TPSA) is 24.5 Å². The van der Waals surface area contributed by atoms with Crippen molar-refractivity contribution in [3.63, 3.8) is 0 Å². The molecule has 2 heterocycles. The molecule has 1 aromatic rings. The van der Waals surface area contributed by atoms with Crippen molar-refractivity contribution in [3.05, 3.63) is 29.8 Å². The zero-order valence-corrected chi connectivity index (χ0v) is 10.2. The normalized spacial score (nSPS) is 24.5. The van der Waals surface area contributed by atoms with Crippen LogP contribution < -0.4 is 10.2 Å². The van der Waals surface area contributed by atoms with E-state index < -0.39 is 0 Å². The van der Waals surface area contributed by atoms with Crippen molar-refractivity contribution in [2.75, 3.05) is 37.7 Å². The van der Waals surface area contributed by atoms with Crippen molar-refractivity contribution in [3.8, 4) is 0 Å². The fourth-order valence-electron chi connectivity index (χ4n) is 2.80. The standard InChI is InChI=1S/C14H20N2O/c1-2-6-14-12(4-1)5-3-8-16(14)10-13-11-17-9-7-15-13/h1-2,4,6,13,15H,3,5,7-11H2. The van der Waals surface area contributed by atoms with E-state index in [2.05, 4.69) is 34.5 Å². The summed E-state index contributed by atoms with van der Waals surface area (Å²) in [6.07, 6.45) is 2.49. The fraction of sp³-hybridized carbons (Fsp3) is 0.571. The van der Waals surface area contributed by atoms with Gasteiger partial charge < -0.3 is 15.0 Å². The molecule has 0 amide bonds. The van der Waals surface area contributed by atoms with Crippen molar-refractivity contribution in [1.29, 1.82) is 0 Å². The van der Waals surface area contributed by atoms with Gasteiger partial charge in [-0.3, -0.25) is 0 Å². The third-order valence-electron chi connectivity index (χ3n) is 3.65. The van der Waals surface area contributed by atoms with Gasteiger partial charge in [-0.05, 0) is 24.5 Å². The molecule has 0 bridgehead atoms. The number of benzene rings is 1. The number of nitrogens with one attached hydrogen (secondary N) is 1. The summed E-state index contributed by atoms with van der Waals surface area (Å²) in [4.78, 5) is 2.51. The van der Waals surface area contributed by atoms with E-state index >= 15 is 0 Å². The molecule has 0 radical (unpaired) electrons. The second-order valence-electron chi connectivity index (χ2n) is 4.90. The van der Waals surface area contributed by atoms with Gasteiger partial charge in [-0.2, -0.15) is 0 Å². The first kappa shape index (κ1) is 11.1. The van der Waals surface area contributed by atoms with E-state index in [1.54, 1.807) is 0 Å². The van der Waals surface area contributed by atoms with Crippen molar-refractivity contribution in [2.24, 2.45) is 0 Å². The number of anilines is 1. The Hall–Kier alpha value is -1.06. The summed E-state index contributed by atoms with van der Waals surface area (Å²) in [5.41, 5.74) is 2.92. The van der Waals surface area contributed by atoms with Crippen LogP contribution in [0.15, 0.2) is 24.3 Å². The van der Waals surface area contributed by atoms with Crippen LogP contribution in [-0.4, -0.2) is 38.9 Å². The lowest BCUT2D eigenvalue weighted by Crippen LogP contribution is -2.49. The van der Waals surface area contributed by atoms with E-state index in [-0.39, 0.29) is 0 Å². The van der Waals surface area contributed by atoms with Crippen LogP contribution in [0, 0.1) is 0 Å². The number of nitrogens with zero attached hydrogens (tertiary/aromatic N) is 1. The number of hydrogen-bond donors (Lipinski definition) is 1. The number of para-hydroxylation sites is 1. The van der Waals surface area contributed by atoms with E-state index in [0.29, 0.717) is 6.04 Å². The van der Waals surface area contributed by atoms with E-state index in [9.17, 15) is 0 Å². The molecule has 0 aromatic heterocycles. The Morgan fingerprint density at radius 2 is 2.29 bits per heavy atom. The highest BCUT2D eigenvalue weighted by Gasteiger charge is 2.21. The lowest BCUT2D eigenvalue weighted by molar-refractivity contribution is 0.0787. The molecule has 17 heavy (non-hydrogen) atoms. The molecule has 3 rings (SSSR count). The molecule has 2 aliphatic rings. The summed E-state index contributed by atoms with van der Waals surface area (Å²) in [5.74, 6) is 0. The minimum Gasteiger partial charge on any atom is -0.378 e. The quantitative estimate of drug-likeness (QED) is 0.835. The largest absolute Gasteiger partial charge is 0.378 e. The number of fused-ring (bicyclic) bond motifs is 1. The average Bonchev–Trinajstić information content (AvgIpc) is 2.40. The molecule has 1 unspecified atom stereocenters. The minimum atomic E-state index is 0.481. The van der Waals surface area contributed by atoms with E-state index in [0.717, 1.165) is 26.3 Å². The fourth-order valence-corrected chi connectivity index (χ4v) is 2.80. The third kappa shape index (κ3) is 2.45. The van der Waals surface area contributed by atoms with Crippen LogP contribution in [0.5, 0.6) is 0 Å². The number of hydrogen-bond acceptors (Lipinski definition) is 3. The highest BCUT2D eigenvalue weighted by molar-refractivity contribution is 5.55.